The molecule has 1 atom stereocenters. The van der Waals surface area contributed by atoms with E-state index < -0.39 is 22.7 Å². The molecule has 3 aromatic heterocycles. The van der Waals surface area contributed by atoms with Gasteiger partial charge in [-0.15, -0.1) is 0 Å². The summed E-state index contributed by atoms with van der Waals surface area (Å²) >= 11 is 0. The summed E-state index contributed by atoms with van der Waals surface area (Å²) in [5.74, 6) is 0.610. The Hall–Kier alpha value is -2.80. The largest absolute Gasteiger partial charge is 0.433 e. The SMILES string of the molecule is CCS(=O)c1ccc(CC#N)nc1-c1nc2cc(C(F)(F)F)ncc2n1C. The lowest BCUT2D eigenvalue weighted by atomic mass is 10.2. The number of rotatable bonds is 4. The van der Waals surface area contributed by atoms with E-state index in [-0.39, 0.29) is 23.5 Å². The zero-order valence-corrected chi connectivity index (χ0v) is 15.2. The molecule has 0 saturated carbocycles. The van der Waals surface area contributed by atoms with Crippen LogP contribution in [0.3, 0.4) is 0 Å². The summed E-state index contributed by atoms with van der Waals surface area (Å²) in [4.78, 5) is 12.5. The van der Waals surface area contributed by atoms with Crippen LogP contribution in [0, 0.1) is 11.3 Å². The minimum Gasteiger partial charge on any atom is -0.325 e. The molecule has 0 bridgehead atoms. The van der Waals surface area contributed by atoms with Crippen molar-refractivity contribution in [2.45, 2.75) is 24.4 Å². The van der Waals surface area contributed by atoms with E-state index >= 15 is 0 Å². The fourth-order valence-electron chi connectivity index (χ4n) is 2.62. The van der Waals surface area contributed by atoms with Gasteiger partial charge in [0, 0.05) is 12.8 Å². The normalized spacial score (nSPS) is 12.9. The van der Waals surface area contributed by atoms with Crippen molar-refractivity contribution in [1.29, 1.82) is 5.26 Å². The van der Waals surface area contributed by atoms with Crippen molar-refractivity contribution in [3.63, 3.8) is 0 Å². The zero-order chi connectivity index (χ0) is 19.8. The molecular weight excluding hydrogens is 379 g/mol. The van der Waals surface area contributed by atoms with E-state index in [1.165, 1.54) is 0 Å². The topological polar surface area (TPSA) is 84.5 Å². The summed E-state index contributed by atoms with van der Waals surface area (Å²) in [6, 6.07) is 6.09. The number of imidazole rings is 1. The van der Waals surface area contributed by atoms with Crippen molar-refractivity contribution in [3.8, 4) is 17.6 Å². The van der Waals surface area contributed by atoms with E-state index in [0.29, 0.717) is 21.9 Å². The molecule has 3 heterocycles. The van der Waals surface area contributed by atoms with Gasteiger partial charge >= 0.3 is 6.18 Å². The Kier molecular flexibility index (Phi) is 4.97. The molecule has 27 heavy (non-hydrogen) atoms. The molecule has 0 aliphatic carbocycles. The number of aromatic nitrogens is 4. The molecule has 0 amide bonds. The first-order valence-electron chi connectivity index (χ1n) is 7.91. The zero-order valence-electron chi connectivity index (χ0n) is 14.4. The van der Waals surface area contributed by atoms with Crippen molar-refractivity contribution in [1.82, 2.24) is 19.5 Å². The second-order valence-electron chi connectivity index (χ2n) is 5.67. The van der Waals surface area contributed by atoms with Crippen molar-refractivity contribution in [3.05, 3.63) is 35.8 Å². The third kappa shape index (κ3) is 3.55. The monoisotopic (exact) mass is 393 g/mol. The van der Waals surface area contributed by atoms with Crippen molar-refractivity contribution < 1.29 is 17.4 Å². The van der Waals surface area contributed by atoms with Crippen LogP contribution in [0.4, 0.5) is 13.2 Å². The molecule has 0 aromatic carbocycles. The molecule has 3 rings (SSSR count). The van der Waals surface area contributed by atoms with Gasteiger partial charge in [-0.2, -0.15) is 18.4 Å². The average molecular weight is 393 g/mol. The van der Waals surface area contributed by atoms with Crippen LogP contribution in [-0.2, 0) is 30.4 Å². The van der Waals surface area contributed by atoms with Gasteiger partial charge in [-0.05, 0) is 18.2 Å². The molecule has 0 fully saturated rings. The van der Waals surface area contributed by atoms with E-state index in [1.54, 1.807) is 30.7 Å². The lowest BCUT2D eigenvalue weighted by Gasteiger charge is -2.09. The van der Waals surface area contributed by atoms with Crippen molar-refractivity contribution >= 4 is 21.8 Å². The van der Waals surface area contributed by atoms with Crippen LogP contribution in [0.1, 0.15) is 18.3 Å². The van der Waals surface area contributed by atoms with E-state index in [0.717, 1.165) is 12.3 Å². The molecule has 140 valence electrons. The van der Waals surface area contributed by atoms with Crippen LogP contribution in [0.25, 0.3) is 22.6 Å². The fraction of sp³-hybridized carbons (Fsp3) is 0.294. The van der Waals surface area contributed by atoms with E-state index in [4.69, 9.17) is 5.26 Å². The maximum atomic E-state index is 12.9. The highest BCUT2D eigenvalue weighted by atomic mass is 32.2. The third-order valence-corrected chi connectivity index (χ3v) is 5.30. The van der Waals surface area contributed by atoms with E-state index in [1.807, 2.05) is 6.07 Å². The standard InChI is InChI=1S/C17H14F3N5OS/c1-3-27(26)13-5-4-10(6-7-21)23-15(13)16-24-11-8-14(17(18,19)20)22-9-12(11)25(16)2/h4-5,8-9H,3,6H2,1-2H3. The summed E-state index contributed by atoms with van der Waals surface area (Å²) in [6.45, 7) is 1.75. The Morgan fingerprint density at radius 1 is 1.30 bits per heavy atom. The maximum Gasteiger partial charge on any atom is 0.433 e. The number of halogens is 3. The fourth-order valence-corrected chi connectivity index (χ4v) is 3.50. The number of nitriles is 1. The van der Waals surface area contributed by atoms with Gasteiger partial charge in [0.25, 0.3) is 0 Å². The highest BCUT2D eigenvalue weighted by Gasteiger charge is 2.33. The van der Waals surface area contributed by atoms with Crippen LogP contribution >= 0.6 is 0 Å². The average Bonchev–Trinajstić information content (AvgIpc) is 2.97. The Balaban J connectivity index is 2.25. The molecule has 0 aliphatic heterocycles. The van der Waals surface area contributed by atoms with Gasteiger partial charge in [-0.1, -0.05) is 6.92 Å². The number of nitrogens with zero attached hydrogens (tertiary/aromatic N) is 5. The van der Waals surface area contributed by atoms with Crippen LogP contribution < -0.4 is 0 Å². The van der Waals surface area contributed by atoms with Gasteiger partial charge in [0.05, 0.1) is 51.1 Å². The summed E-state index contributed by atoms with van der Waals surface area (Å²) in [7, 11) is 0.265. The summed E-state index contributed by atoms with van der Waals surface area (Å²) < 4.78 is 52.7. The Morgan fingerprint density at radius 3 is 2.67 bits per heavy atom. The predicted molar refractivity (Wildman–Crippen MR) is 93.0 cm³/mol. The summed E-state index contributed by atoms with van der Waals surface area (Å²) in [6.07, 6.45) is -3.42. The van der Waals surface area contributed by atoms with Crippen LogP contribution in [-0.4, -0.2) is 29.5 Å². The van der Waals surface area contributed by atoms with Gasteiger partial charge in [-0.25, -0.2) is 15.0 Å². The lowest BCUT2D eigenvalue weighted by molar-refractivity contribution is -0.141. The van der Waals surface area contributed by atoms with Gasteiger partial charge in [-0.3, -0.25) is 4.21 Å². The molecule has 0 N–H and O–H groups in total. The molecule has 0 aliphatic rings. The number of fused-ring (bicyclic) bond motifs is 1. The van der Waals surface area contributed by atoms with Crippen molar-refractivity contribution in [2.24, 2.45) is 7.05 Å². The Bertz CT molecular complexity index is 1080. The molecule has 6 nitrogen and oxygen atoms in total. The molecule has 1 unspecified atom stereocenters. The van der Waals surface area contributed by atoms with Crippen LogP contribution in [0.2, 0.25) is 0 Å². The van der Waals surface area contributed by atoms with E-state index in [2.05, 4.69) is 15.0 Å². The van der Waals surface area contributed by atoms with Gasteiger partial charge in [0.15, 0.2) is 5.82 Å². The van der Waals surface area contributed by atoms with Gasteiger partial charge in [0.2, 0.25) is 0 Å². The summed E-state index contributed by atoms with van der Waals surface area (Å²) in [5, 5.41) is 8.90. The second kappa shape index (κ2) is 7.08. The van der Waals surface area contributed by atoms with Crippen LogP contribution in [0.5, 0.6) is 0 Å². The maximum absolute atomic E-state index is 12.9. The van der Waals surface area contributed by atoms with Gasteiger partial charge in [0.1, 0.15) is 11.4 Å². The number of pyridine rings is 2. The molecule has 0 radical (unpaired) electrons. The quantitative estimate of drug-likeness (QED) is 0.679. The highest BCUT2D eigenvalue weighted by molar-refractivity contribution is 7.85. The molecular formula is C17H14F3N5OS. The Labute approximate surface area is 155 Å². The molecule has 10 heteroatoms. The first kappa shape index (κ1) is 19.0. The van der Waals surface area contributed by atoms with E-state index in [9.17, 15) is 17.4 Å². The molecule has 0 saturated heterocycles. The third-order valence-electron chi connectivity index (χ3n) is 3.95. The number of hydrogen-bond donors (Lipinski definition) is 0. The smallest absolute Gasteiger partial charge is 0.325 e. The molecule has 3 aromatic rings. The Morgan fingerprint density at radius 2 is 2.04 bits per heavy atom. The number of alkyl halides is 3. The first-order chi connectivity index (χ1) is 12.8. The van der Waals surface area contributed by atoms with Gasteiger partial charge < -0.3 is 4.57 Å². The highest BCUT2D eigenvalue weighted by Crippen LogP contribution is 2.32. The van der Waals surface area contributed by atoms with Crippen LogP contribution in [0.15, 0.2) is 29.3 Å². The lowest BCUT2D eigenvalue weighted by Crippen LogP contribution is -2.07. The molecule has 0 spiro atoms. The summed E-state index contributed by atoms with van der Waals surface area (Å²) in [5.41, 5.74) is 0.207. The number of aryl methyl sites for hydroxylation is 1. The number of hydrogen-bond acceptors (Lipinski definition) is 5. The van der Waals surface area contributed by atoms with Crippen molar-refractivity contribution in [2.75, 3.05) is 5.75 Å². The second-order valence-corrected chi connectivity index (χ2v) is 7.38. The first-order valence-corrected chi connectivity index (χ1v) is 9.23. The minimum absolute atomic E-state index is 0.0513. The predicted octanol–water partition coefficient (Wildman–Crippen LogP) is 3.24. The minimum atomic E-state index is -4.58.